The molecule has 2 amide bonds. The first-order valence-electron chi connectivity index (χ1n) is 7.25. The van der Waals surface area contributed by atoms with Crippen LogP contribution in [0.15, 0.2) is 47.6 Å². The second-order valence-corrected chi connectivity index (χ2v) is 5.42. The van der Waals surface area contributed by atoms with Crippen LogP contribution in [0.1, 0.15) is 11.1 Å². The summed E-state index contributed by atoms with van der Waals surface area (Å²) >= 11 is 6.00. The van der Waals surface area contributed by atoms with Crippen molar-refractivity contribution < 1.29 is 19.4 Å². The van der Waals surface area contributed by atoms with Crippen LogP contribution in [-0.4, -0.2) is 29.9 Å². The van der Waals surface area contributed by atoms with Gasteiger partial charge in [-0.2, -0.15) is 5.10 Å². The first-order valence-corrected chi connectivity index (χ1v) is 7.63. The predicted octanol–water partition coefficient (Wildman–Crippen LogP) is 3.27. The Labute approximate surface area is 149 Å². The number of nitrogens with one attached hydrogen (secondary N) is 2. The van der Waals surface area contributed by atoms with Crippen LogP contribution in [-0.2, 0) is 4.79 Å². The summed E-state index contributed by atoms with van der Waals surface area (Å²) in [4.78, 5) is 22.3. The summed E-state index contributed by atoms with van der Waals surface area (Å²) < 4.78 is 5.02. The molecule has 0 atom stereocenters. The van der Waals surface area contributed by atoms with Crippen LogP contribution in [0.2, 0.25) is 5.02 Å². The van der Waals surface area contributed by atoms with Gasteiger partial charge in [0, 0.05) is 5.69 Å². The molecule has 2 aromatic rings. The second kappa shape index (κ2) is 8.70. The Kier molecular flexibility index (Phi) is 6.36. The molecule has 0 aliphatic carbocycles. The summed E-state index contributed by atoms with van der Waals surface area (Å²) in [5, 5.41) is 15.3. The molecule has 0 aliphatic rings. The molecule has 0 aliphatic heterocycles. The molecule has 0 unspecified atom stereocenters. The van der Waals surface area contributed by atoms with E-state index in [9.17, 15) is 9.59 Å². The summed E-state index contributed by atoms with van der Waals surface area (Å²) in [7, 11) is 0. The summed E-state index contributed by atoms with van der Waals surface area (Å²) in [5.41, 5.74) is 4.59. The Morgan fingerprint density at radius 1 is 1.28 bits per heavy atom. The number of ether oxygens (including phenoxy) is 1. The molecule has 0 bridgehead atoms. The van der Waals surface area contributed by atoms with E-state index in [1.54, 1.807) is 18.2 Å². The van der Waals surface area contributed by atoms with Gasteiger partial charge in [-0.25, -0.2) is 15.0 Å². The van der Waals surface area contributed by atoms with E-state index in [0.29, 0.717) is 11.3 Å². The Morgan fingerprint density at radius 3 is 2.72 bits per heavy atom. The van der Waals surface area contributed by atoms with Crippen LogP contribution >= 0.6 is 11.6 Å². The number of benzene rings is 2. The van der Waals surface area contributed by atoms with Crippen molar-refractivity contribution in [1.82, 2.24) is 5.43 Å². The van der Waals surface area contributed by atoms with Gasteiger partial charge in [-0.1, -0.05) is 29.8 Å². The number of rotatable bonds is 6. The topological polar surface area (TPSA) is 100 Å². The average molecular weight is 362 g/mol. The number of halogens is 1. The van der Waals surface area contributed by atoms with E-state index in [1.165, 1.54) is 12.3 Å². The molecule has 0 radical (unpaired) electrons. The molecule has 0 saturated carbocycles. The quantitative estimate of drug-likeness (QED) is 0.543. The van der Waals surface area contributed by atoms with Gasteiger partial charge in [0.05, 0.1) is 11.2 Å². The number of hydrogen-bond donors (Lipinski definition) is 3. The zero-order chi connectivity index (χ0) is 18.2. The first-order chi connectivity index (χ1) is 12.0. The molecule has 0 fully saturated rings. The molecule has 2 rings (SSSR count). The minimum Gasteiger partial charge on any atom is -0.480 e. The first kappa shape index (κ1) is 18.3. The number of para-hydroxylation sites is 1. The summed E-state index contributed by atoms with van der Waals surface area (Å²) in [6, 6.07) is 11.6. The van der Waals surface area contributed by atoms with Gasteiger partial charge in [-0.15, -0.1) is 0 Å². The summed E-state index contributed by atoms with van der Waals surface area (Å²) in [6.45, 7) is 1.41. The van der Waals surface area contributed by atoms with Crippen molar-refractivity contribution in [3.63, 3.8) is 0 Å². The number of carboxylic acid groups (broad SMARTS) is 1. The number of aryl methyl sites for hydroxylation is 1. The molecule has 8 heteroatoms. The maximum Gasteiger partial charge on any atom is 0.341 e. The number of carboxylic acids is 1. The molecule has 7 nitrogen and oxygen atoms in total. The molecule has 2 aromatic carbocycles. The normalized spacial score (nSPS) is 10.5. The zero-order valence-electron chi connectivity index (χ0n) is 13.3. The van der Waals surface area contributed by atoms with Crippen LogP contribution in [0.25, 0.3) is 0 Å². The van der Waals surface area contributed by atoms with Crippen molar-refractivity contribution in [2.45, 2.75) is 6.92 Å². The van der Waals surface area contributed by atoms with Gasteiger partial charge < -0.3 is 15.2 Å². The number of carbonyl (C=O) groups excluding carboxylic acids is 1. The van der Waals surface area contributed by atoms with E-state index in [1.807, 2.05) is 25.1 Å². The molecule has 0 aromatic heterocycles. The van der Waals surface area contributed by atoms with E-state index >= 15 is 0 Å². The Morgan fingerprint density at radius 2 is 2.04 bits per heavy atom. The molecular formula is C17H16ClN3O4. The highest BCUT2D eigenvalue weighted by atomic mass is 35.5. The van der Waals surface area contributed by atoms with Crippen molar-refractivity contribution in [2.24, 2.45) is 5.10 Å². The number of anilines is 1. The number of aliphatic carboxylic acids is 1. The summed E-state index contributed by atoms with van der Waals surface area (Å²) in [5.74, 6) is -0.836. The Balaban J connectivity index is 1.91. The van der Waals surface area contributed by atoms with E-state index in [-0.39, 0.29) is 10.8 Å². The third kappa shape index (κ3) is 5.82. The zero-order valence-corrected chi connectivity index (χ0v) is 14.1. The van der Waals surface area contributed by atoms with Crippen LogP contribution < -0.4 is 15.5 Å². The monoisotopic (exact) mass is 361 g/mol. The van der Waals surface area contributed by atoms with Gasteiger partial charge in [0.2, 0.25) is 0 Å². The largest absolute Gasteiger partial charge is 0.480 e. The lowest BCUT2D eigenvalue weighted by molar-refractivity contribution is -0.139. The van der Waals surface area contributed by atoms with Crippen molar-refractivity contribution >= 4 is 35.5 Å². The fourth-order valence-corrected chi connectivity index (χ4v) is 2.13. The average Bonchev–Trinajstić information content (AvgIpc) is 2.56. The van der Waals surface area contributed by atoms with E-state index in [4.69, 9.17) is 21.4 Å². The van der Waals surface area contributed by atoms with Crippen molar-refractivity contribution in [1.29, 1.82) is 0 Å². The highest BCUT2D eigenvalue weighted by Crippen LogP contribution is 2.24. The number of urea groups is 1. The van der Waals surface area contributed by atoms with Crippen molar-refractivity contribution in [2.75, 3.05) is 11.9 Å². The third-order valence-electron chi connectivity index (χ3n) is 3.08. The van der Waals surface area contributed by atoms with Crippen LogP contribution in [0, 0.1) is 6.92 Å². The van der Waals surface area contributed by atoms with Gasteiger partial charge in [0.1, 0.15) is 5.75 Å². The number of amides is 2. The standard InChI is InChI=1S/C17H16ClN3O4/c1-11-4-2-3-5-14(11)20-17(24)21-19-9-12-6-7-15(13(18)8-12)25-10-16(22)23/h2-9H,10H2,1H3,(H,22,23)(H2,20,21,24)/b19-9+. The maximum absolute atomic E-state index is 11.8. The third-order valence-corrected chi connectivity index (χ3v) is 3.38. The fourth-order valence-electron chi connectivity index (χ4n) is 1.88. The number of hydrazone groups is 1. The van der Waals surface area contributed by atoms with Gasteiger partial charge in [0.15, 0.2) is 6.61 Å². The molecule has 25 heavy (non-hydrogen) atoms. The smallest absolute Gasteiger partial charge is 0.341 e. The fraction of sp³-hybridized carbons (Fsp3) is 0.118. The number of hydrogen-bond acceptors (Lipinski definition) is 4. The van der Waals surface area contributed by atoms with Gasteiger partial charge in [-0.05, 0) is 42.3 Å². The molecular weight excluding hydrogens is 346 g/mol. The lowest BCUT2D eigenvalue weighted by Crippen LogP contribution is -2.24. The van der Waals surface area contributed by atoms with Gasteiger partial charge >= 0.3 is 12.0 Å². The van der Waals surface area contributed by atoms with E-state index in [2.05, 4.69) is 15.8 Å². The number of carbonyl (C=O) groups is 2. The highest BCUT2D eigenvalue weighted by molar-refractivity contribution is 6.32. The lowest BCUT2D eigenvalue weighted by atomic mass is 10.2. The van der Waals surface area contributed by atoms with E-state index in [0.717, 1.165) is 5.56 Å². The van der Waals surface area contributed by atoms with Crippen LogP contribution in [0.4, 0.5) is 10.5 Å². The molecule has 0 heterocycles. The van der Waals surface area contributed by atoms with Crippen LogP contribution in [0.3, 0.4) is 0 Å². The highest BCUT2D eigenvalue weighted by Gasteiger charge is 2.05. The van der Waals surface area contributed by atoms with Gasteiger partial charge in [0.25, 0.3) is 0 Å². The molecule has 0 spiro atoms. The Hall–Kier alpha value is -3.06. The minimum atomic E-state index is -1.09. The predicted molar refractivity (Wildman–Crippen MR) is 95.5 cm³/mol. The van der Waals surface area contributed by atoms with Gasteiger partial charge in [-0.3, -0.25) is 0 Å². The second-order valence-electron chi connectivity index (χ2n) is 5.01. The van der Waals surface area contributed by atoms with E-state index < -0.39 is 18.6 Å². The molecule has 0 saturated heterocycles. The lowest BCUT2D eigenvalue weighted by Gasteiger charge is -2.07. The van der Waals surface area contributed by atoms with Crippen LogP contribution in [0.5, 0.6) is 5.75 Å². The van der Waals surface area contributed by atoms with Crippen molar-refractivity contribution in [3.05, 3.63) is 58.6 Å². The SMILES string of the molecule is Cc1ccccc1NC(=O)N/N=C/c1ccc(OCC(=O)O)c(Cl)c1. The number of nitrogens with zero attached hydrogens (tertiary/aromatic N) is 1. The Bertz CT molecular complexity index is 808. The maximum atomic E-state index is 11.8. The summed E-state index contributed by atoms with van der Waals surface area (Å²) in [6.07, 6.45) is 1.41. The minimum absolute atomic E-state index is 0.245. The molecule has 130 valence electrons. The molecule has 3 N–H and O–H groups in total. The van der Waals surface area contributed by atoms with Crippen molar-refractivity contribution in [3.8, 4) is 5.75 Å².